The molecular formula is C12H23N3O3S. The number of carbonyl (C=O) groups is 1. The molecule has 1 saturated carbocycles. The molecule has 110 valence electrons. The average Bonchev–Trinajstić information content (AvgIpc) is 2.38. The van der Waals surface area contributed by atoms with E-state index in [9.17, 15) is 13.2 Å². The minimum absolute atomic E-state index is 0.000325. The van der Waals surface area contributed by atoms with Crippen molar-refractivity contribution >= 4 is 15.9 Å². The Morgan fingerprint density at radius 2 is 1.58 bits per heavy atom. The zero-order valence-corrected chi connectivity index (χ0v) is 12.3. The van der Waals surface area contributed by atoms with Gasteiger partial charge in [-0.25, -0.2) is 8.42 Å². The fraction of sp³-hybridized carbons (Fsp3) is 0.917. The highest BCUT2D eigenvalue weighted by molar-refractivity contribution is 7.88. The Kier molecular flexibility index (Phi) is 4.17. The van der Waals surface area contributed by atoms with E-state index in [2.05, 4.69) is 0 Å². The Morgan fingerprint density at radius 3 is 2.05 bits per heavy atom. The first-order valence-electron chi connectivity index (χ1n) is 6.86. The van der Waals surface area contributed by atoms with Crippen LogP contribution in [0.2, 0.25) is 0 Å². The van der Waals surface area contributed by atoms with E-state index in [0.29, 0.717) is 26.2 Å². The molecule has 2 N–H and O–H groups in total. The molecule has 6 nitrogen and oxygen atoms in total. The van der Waals surface area contributed by atoms with Crippen molar-refractivity contribution in [2.75, 3.05) is 32.4 Å². The lowest BCUT2D eigenvalue weighted by atomic mass is 9.81. The molecular weight excluding hydrogens is 266 g/mol. The van der Waals surface area contributed by atoms with Gasteiger partial charge < -0.3 is 10.6 Å². The summed E-state index contributed by atoms with van der Waals surface area (Å²) in [7, 11) is -3.15. The van der Waals surface area contributed by atoms with E-state index < -0.39 is 15.6 Å². The summed E-state index contributed by atoms with van der Waals surface area (Å²) in [6.07, 6.45) is 5.86. The van der Waals surface area contributed by atoms with Crippen molar-refractivity contribution in [3.63, 3.8) is 0 Å². The Hall–Kier alpha value is -0.660. The predicted molar refractivity (Wildman–Crippen MR) is 73.0 cm³/mol. The Morgan fingerprint density at radius 1 is 1.05 bits per heavy atom. The van der Waals surface area contributed by atoms with E-state index in [4.69, 9.17) is 5.73 Å². The van der Waals surface area contributed by atoms with Gasteiger partial charge in [0.25, 0.3) is 0 Å². The number of piperazine rings is 1. The first-order valence-corrected chi connectivity index (χ1v) is 8.71. The SMILES string of the molecule is CS(=O)(=O)N1CCN(C(=O)C2(N)CCCCC2)CC1. The minimum Gasteiger partial charge on any atom is -0.338 e. The number of amides is 1. The van der Waals surface area contributed by atoms with Crippen molar-refractivity contribution in [3.8, 4) is 0 Å². The smallest absolute Gasteiger partial charge is 0.242 e. The van der Waals surface area contributed by atoms with Gasteiger partial charge >= 0.3 is 0 Å². The van der Waals surface area contributed by atoms with Gasteiger partial charge in [-0.2, -0.15) is 4.31 Å². The summed E-state index contributed by atoms with van der Waals surface area (Å²) in [5.74, 6) is 0.000325. The summed E-state index contributed by atoms with van der Waals surface area (Å²) in [6.45, 7) is 1.65. The first-order chi connectivity index (χ1) is 8.83. The van der Waals surface area contributed by atoms with Crippen molar-refractivity contribution in [2.24, 2.45) is 5.73 Å². The summed E-state index contributed by atoms with van der Waals surface area (Å²) < 4.78 is 24.3. The molecule has 0 spiro atoms. The standard InChI is InChI=1S/C12H23N3O3S/c1-19(17,18)15-9-7-14(8-10-15)11(16)12(13)5-3-2-4-6-12/h2-10,13H2,1H3. The van der Waals surface area contributed by atoms with Crippen molar-refractivity contribution in [1.82, 2.24) is 9.21 Å². The largest absolute Gasteiger partial charge is 0.338 e. The number of nitrogens with two attached hydrogens (primary N) is 1. The van der Waals surface area contributed by atoms with E-state index >= 15 is 0 Å². The molecule has 2 aliphatic rings. The molecule has 2 fully saturated rings. The molecule has 0 bridgehead atoms. The lowest BCUT2D eigenvalue weighted by Gasteiger charge is -2.40. The minimum atomic E-state index is -3.15. The van der Waals surface area contributed by atoms with Crippen LogP contribution in [0.3, 0.4) is 0 Å². The molecule has 7 heteroatoms. The Bertz CT molecular complexity index is 435. The monoisotopic (exact) mass is 289 g/mol. The molecule has 2 rings (SSSR count). The van der Waals surface area contributed by atoms with Gasteiger partial charge in [0.15, 0.2) is 0 Å². The summed E-state index contributed by atoms with van der Waals surface area (Å²) >= 11 is 0. The maximum Gasteiger partial charge on any atom is 0.242 e. The molecule has 1 aliphatic carbocycles. The van der Waals surface area contributed by atoms with E-state index in [1.54, 1.807) is 4.90 Å². The number of rotatable bonds is 2. The van der Waals surface area contributed by atoms with Gasteiger partial charge in [-0.3, -0.25) is 4.79 Å². The molecule has 0 radical (unpaired) electrons. The van der Waals surface area contributed by atoms with Gasteiger partial charge in [-0.1, -0.05) is 19.3 Å². The van der Waals surface area contributed by atoms with E-state index in [-0.39, 0.29) is 5.91 Å². The third kappa shape index (κ3) is 3.27. The van der Waals surface area contributed by atoms with Crippen molar-refractivity contribution in [2.45, 2.75) is 37.6 Å². The van der Waals surface area contributed by atoms with Crippen LogP contribution >= 0.6 is 0 Å². The van der Waals surface area contributed by atoms with Crippen LogP contribution < -0.4 is 5.73 Å². The second kappa shape index (κ2) is 5.38. The summed E-state index contributed by atoms with van der Waals surface area (Å²) in [5.41, 5.74) is 5.51. The average molecular weight is 289 g/mol. The van der Waals surface area contributed by atoms with Gasteiger partial charge in [0.2, 0.25) is 15.9 Å². The maximum atomic E-state index is 12.5. The molecule has 1 heterocycles. The van der Waals surface area contributed by atoms with E-state index in [0.717, 1.165) is 32.1 Å². The molecule has 0 atom stereocenters. The zero-order valence-electron chi connectivity index (χ0n) is 11.5. The van der Waals surface area contributed by atoms with Crippen LogP contribution in [-0.4, -0.2) is 61.5 Å². The predicted octanol–water partition coefficient (Wildman–Crippen LogP) is -0.248. The maximum absolute atomic E-state index is 12.5. The summed E-state index contributed by atoms with van der Waals surface area (Å²) in [6, 6.07) is 0. The first kappa shape index (κ1) is 14.7. The van der Waals surface area contributed by atoms with Crippen LogP contribution in [-0.2, 0) is 14.8 Å². The van der Waals surface area contributed by atoms with Gasteiger partial charge in [0.05, 0.1) is 11.8 Å². The Labute approximate surface area is 115 Å². The van der Waals surface area contributed by atoms with E-state index in [1.807, 2.05) is 0 Å². The number of hydrogen-bond donors (Lipinski definition) is 1. The van der Waals surface area contributed by atoms with Crippen molar-refractivity contribution < 1.29 is 13.2 Å². The molecule has 0 aromatic carbocycles. The van der Waals surface area contributed by atoms with Crippen LogP contribution in [0.25, 0.3) is 0 Å². The summed E-state index contributed by atoms with van der Waals surface area (Å²) in [5, 5.41) is 0. The normalized spacial score (nSPS) is 25.3. The van der Waals surface area contributed by atoms with Crippen LogP contribution in [0.1, 0.15) is 32.1 Å². The number of carbonyl (C=O) groups excluding carboxylic acids is 1. The highest BCUT2D eigenvalue weighted by Crippen LogP contribution is 2.28. The van der Waals surface area contributed by atoms with Crippen LogP contribution in [0.5, 0.6) is 0 Å². The molecule has 0 aromatic heterocycles. The third-order valence-corrected chi connectivity index (χ3v) is 5.47. The van der Waals surface area contributed by atoms with Crippen molar-refractivity contribution in [1.29, 1.82) is 0 Å². The lowest BCUT2D eigenvalue weighted by molar-refractivity contribution is -0.139. The van der Waals surface area contributed by atoms with E-state index in [1.165, 1.54) is 10.6 Å². The molecule has 0 aromatic rings. The number of hydrogen-bond acceptors (Lipinski definition) is 4. The van der Waals surface area contributed by atoms with Gasteiger partial charge in [-0.15, -0.1) is 0 Å². The quantitative estimate of drug-likeness (QED) is 0.760. The highest BCUT2D eigenvalue weighted by atomic mass is 32.2. The third-order valence-electron chi connectivity index (χ3n) is 4.17. The number of sulfonamides is 1. The molecule has 19 heavy (non-hydrogen) atoms. The van der Waals surface area contributed by atoms with Crippen LogP contribution in [0.4, 0.5) is 0 Å². The van der Waals surface area contributed by atoms with Crippen molar-refractivity contribution in [3.05, 3.63) is 0 Å². The van der Waals surface area contributed by atoms with Gasteiger partial charge in [0, 0.05) is 26.2 Å². The number of nitrogens with zero attached hydrogens (tertiary/aromatic N) is 2. The van der Waals surface area contributed by atoms with Crippen LogP contribution in [0, 0.1) is 0 Å². The summed E-state index contributed by atoms with van der Waals surface area (Å²) in [4.78, 5) is 14.2. The fourth-order valence-corrected chi connectivity index (χ4v) is 3.76. The lowest BCUT2D eigenvalue weighted by Crippen LogP contribution is -2.60. The highest BCUT2D eigenvalue weighted by Gasteiger charge is 2.39. The molecule has 0 unspecified atom stereocenters. The van der Waals surface area contributed by atoms with Gasteiger partial charge in [0.1, 0.15) is 0 Å². The second-order valence-electron chi connectivity index (χ2n) is 5.67. The van der Waals surface area contributed by atoms with Gasteiger partial charge in [-0.05, 0) is 12.8 Å². The fourth-order valence-electron chi connectivity index (χ4n) is 2.93. The van der Waals surface area contributed by atoms with Crippen LogP contribution in [0.15, 0.2) is 0 Å². The Balaban J connectivity index is 1.96. The zero-order chi connectivity index (χ0) is 14.1. The second-order valence-corrected chi connectivity index (χ2v) is 7.65. The molecule has 1 amide bonds. The molecule has 1 saturated heterocycles. The topological polar surface area (TPSA) is 83.7 Å². The molecule has 1 aliphatic heterocycles.